The summed E-state index contributed by atoms with van der Waals surface area (Å²) in [4.78, 5) is 39.9. The number of rotatable bonds is 5. The zero-order valence-corrected chi connectivity index (χ0v) is 15.3. The summed E-state index contributed by atoms with van der Waals surface area (Å²) in [5.74, 6) is -1.79. The predicted octanol–water partition coefficient (Wildman–Crippen LogP) is 2.27. The highest BCUT2D eigenvalue weighted by Gasteiger charge is 2.18. The molecule has 6 nitrogen and oxygen atoms in total. The molecule has 1 aromatic heterocycles. The minimum atomic E-state index is -0.800. The van der Waals surface area contributed by atoms with Crippen molar-refractivity contribution in [2.75, 3.05) is 19.4 Å². The van der Waals surface area contributed by atoms with Gasteiger partial charge in [-0.2, -0.15) is 0 Å². The lowest BCUT2D eigenvalue weighted by Crippen LogP contribution is -2.35. The number of hydrogen-bond acceptors (Lipinski definition) is 4. The number of thiophene rings is 1. The maximum atomic E-state index is 12.1. The highest BCUT2D eigenvalue weighted by molar-refractivity contribution is 7.11. The number of carbonyl (C=O) groups excluding carboxylic acids is 3. The summed E-state index contributed by atoms with van der Waals surface area (Å²) >= 11 is 1.60. The lowest BCUT2D eigenvalue weighted by atomic mass is 10.1. The van der Waals surface area contributed by atoms with Gasteiger partial charge in [0.15, 0.2) is 0 Å². The molecule has 3 amide bonds. The van der Waals surface area contributed by atoms with E-state index < -0.39 is 11.8 Å². The number of nitrogens with zero attached hydrogens (tertiary/aromatic N) is 1. The van der Waals surface area contributed by atoms with Crippen molar-refractivity contribution in [3.63, 3.8) is 0 Å². The molecule has 0 saturated heterocycles. The average Bonchev–Trinajstić information content (AvgIpc) is 3.07. The molecule has 0 saturated carbocycles. The monoisotopic (exact) mass is 359 g/mol. The summed E-state index contributed by atoms with van der Waals surface area (Å²) < 4.78 is 0. The summed E-state index contributed by atoms with van der Waals surface area (Å²) in [6.07, 6.45) is 0.940. The molecule has 0 aliphatic heterocycles. The van der Waals surface area contributed by atoms with E-state index in [1.54, 1.807) is 49.7 Å². The molecule has 0 fully saturated rings. The first-order valence-electron chi connectivity index (χ1n) is 7.89. The molecular formula is C18H21N3O3S. The van der Waals surface area contributed by atoms with Crippen LogP contribution in [0.2, 0.25) is 0 Å². The topological polar surface area (TPSA) is 78.5 Å². The van der Waals surface area contributed by atoms with Gasteiger partial charge in [-0.1, -0.05) is 19.1 Å². The Balaban J connectivity index is 1.99. The van der Waals surface area contributed by atoms with E-state index >= 15 is 0 Å². The van der Waals surface area contributed by atoms with Gasteiger partial charge in [0.05, 0.1) is 17.8 Å². The van der Waals surface area contributed by atoms with Crippen molar-refractivity contribution in [2.45, 2.75) is 19.9 Å². The Morgan fingerprint density at radius 2 is 1.68 bits per heavy atom. The standard InChI is InChI=1S/C18H21N3O3S/c1-4-12-9-10-13(25-12)11-19-16(22)17(23)20-15-8-6-5-7-14(15)18(24)21(2)3/h5-10H,4,11H2,1-3H3,(H,19,22)(H,20,23). The van der Waals surface area contributed by atoms with Crippen molar-refractivity contribution >= 4 is 34.7 Å². The van der Waals surface area contributed by atoms with Crippen LogP contribution in [0.3, 0.4) is 0 Å². The van der Waals surface area contributed by atoms with Crippen molar-refractivity contribution in [3.05, 3.63) is 51.7 Å². The second-order valence-corrected chi connectivity index (χ2v) is 6.86. The lowest BCUT2D eigenvalue weighted by Gasteiger charge is -2.14. The van der Waals surface area contributed by atoms with E-state index in [9.17, 15) is 14.4 Å². The molecule has 0 spiro atoms. The molecule has 7 heteroatoms. The first-order chi connectivity index (χ1) is 11.9. The first kappa shape index (κ1) is 18.7. The molecule has 0 radical (unpaired) electrons. The third kappa shape index (κ3) is 4.90. The van der Waals surface area contributed by atoms with Crippen LogP contribution in [0.15, 0.2) is 36.4 Å². The van der Waals surface area contributed by atoms with Crippen molar-refractivity contribution < 1.29 is 14.4 Å². The predicted molar refractivity (Wildman–Crippen MR) is 98.6 cm³/mol. The Labute approximate surface area is 150 Å². The van der Waals surface area contributed by atoms with Crippen LogP contribution >= 0.6 is 11.3 Å². The van der Waals surface area contributed by atoms with Gasteiger partial charge in [-0.3, -0.25) is 14.4 Å². The Kier molecular flexibility index (Phi) is 6.30. The summed E-state index contributed by atoms with van der Waals surface area (Å²) in [6, 6.07) is 10.5. The van der Waals surface area contributed by atoms with E-state index in [0.29, 0.717) is 17.8 Å². The van der Waals surface area contributed by atoms with E-state index in [0.717, 1.165) is 11.3 Å². The van der Waals surface area contributed by atoms with Crippen molar-refractivity contribution in [1.29, 1.82) is 0 Å². The number of aryl methyl sites for hydroxylation is 1. The Bertz CT molecular complexity index is 783. The third-order valence-electron chi connectivity index (χ3n) is 3.51. The van der Waals surface area contributed by atoms with E-state index in [4.69, 9.17) is 0 Å². The van der Waals surface area contributed by atoms with E-state index in [-0.39, 0.29) is 5.91 Å². The van der Waals surface area contributed by atoms with Gasteiger partial charge in [0.1, 0.15) is 0 Å². The molecule has 2 rings (SSSR count). The maximum absolute atomic E-state index is 12.1. The van der Waals surface area contributed by atoms with Crippen LogP contribution in [0.5, 0.6) is 0 Å². The SMILES string of the molecule is CCc1ccc(CNC(=O)C(=O)Nc2ccccc2C(=O)N(C)C)s1. The molecule has 0 aliphatic carbocycles. The van der Waals surface area contributed by atoms with Gasteiger partial charge in [0.2, 0.25) is 0 Å². The zero-order valence-electron chi connectivity index (χ0n) is 14.5. The summed E-state index contributed by atoms with van der Waals surface area (Å²) in [6.45, 7) is 2.36. The van der Waals surface area contributed by atoms with Gasteiger partial charge in [0, 0.05) is 23.8 Å². The number of para-hydroxylation sites is 1. The largest absolute Gasteiger partial charge is 0.345 e. The second kappa shape index (κ2) is 8.43. The number of carbonyl (C=O) groups is 3. The van der Waals surface area contributed by atoms with E-state index in [2.05, 4.69) is 17.6 Å². The van der Waals surface area contributed by atoms with Gasteiger partial charge in [-0.05, 0) is 30.7 Å². The second-order valence-electron chi connectivity index (χ2n) is 5.60. The normalized spacial score (nSPS) is 10.2. The first-order valence-corrected chi connectivity index (χ1v) is 8.71. The van der Waals surface area contributed by atoms with Crippen LogP contribution in [-0.2, 0) is 22.6 Å². The highest BCUT2D eigenvalue weighted by atomic mass is 32.1. The molecule has 0 atom stereocenters. The quantitative estimate of drug-likeness (QED) is 0.804. The average molecular weight is 359 g/mol. The van der Waals surface area contributed by atoms with Gasteiger partial charge < -0.3 is 15.5 Å². The van der Waals surface area contributed by atoms with Crippen LogP contribution in [0, 0.1) is 0 Å². The van der Waals surface area contributed by atoms with Gasteiger partial charge >= 0.3 is 11.8 Å². The van der Waals surface area contributed by atoms with Crippen LogP contribution in [0.1, 0.15) is 27.0 Å². The van der Waals surface area contributed by atoms with Gasteiger partial charge in [0.25, 0.3) is 5.91 Å². The summed E-state index contributed by atoms with van der Waals surface area (Å²) in [7, 11) is 3.25. The minimum Gasteiger partial charge on any atom is -0.345 e. The van der Waals surface area contributed by atoms with Gasteiger partial charge in [-0.15, -0.1) is 11.3 Å². The third-order valence-corrected chi connectivity index (χ3v) is 4.74. The molecule has 1 heterocycles. The van der Waals surface area contributed by atoms with Crippen molar-refractivity contribution in [3.8, 4) is 0 Å². The molecule has 0 bridgehead atoms. The molecule has 25 heavy (non-hydrogen) atoms. The molecule has 2 aromatic rings. The molecule has 2 N–H and O–H groups in total. The van der Waals surface area contributed by atoms with Crippen LogP contribution in [-0.4, -0.2) is 36.7 Å². The Hall–Kier alpha value is -2.67. The zero-order chi connectivity index (χ0) is 18.4. The Morgan fingerprint density at radius 1 is 1.00 bits per heavy atom. The molecule has 0 unspecified atom stereocenters. The molecule has 1 aromatic carbocycles. The summed E-state index contributed by atoms with van der Waals surface area (Å²) in [5.41, 5.74) is 0.644. The lowest BCUT2D eigenvalue weighted by molar-refractivity contribution is -0.136. The van der Waals surface area contributed by atoms with Crippen LogP contribution in [0.4, 0.5) is 5.69 Å². The number of amides is 3. The molecule has 0 aliphatic rings. The number of benzene rings is 1. The number of hydrogen-bond donors (Lipinski definition) is 2. The van der Waals surface area contributed by atoms with Crippen LogP contribution < -0.4 is 10.6 Å². The highest BCUT2D eigenvalue weighted by Crippen LogP contribution is 2.17. The van der Waals surface area contributed by atoms with Crippen molar-refractivity contribution in [1.82, 2.24) is 10.2 Å². The minimum absolute atomic E-state index is 0.248. The number of anilines is 1. The fraction of sp³-hybridized carbons (Fsp3) is 0.278. The fourth-order valence-electron chi connectivity index (χ4n) is 2.15. The van der Waals surface area contributed by atoms with Crippen molar-refractivity contribution in [2.24, 2.45) is 0 Å². The smallest absolute Gasteiger partial charge is 0.313 e. The summed E-state index contributed by atoms with van der Waals surface area (Å²) in [5, 5.41) is 5.10. The molecular weight excluding hydrogens is 338 g/mol. The van der Waals surface area contributed by atoms with Crippen LogP contribution in [0.25, 0.3) is 0 Å². The van der Waals surface area contributed by atoms with Gasteiger partial charge in [-0.25, -0.2) is 0 Å². The maximum Gasteiger partial charge on any atom is 0.313 e. The fourth-order valence-corrected chi connectivity index (χ4v) is 3.05. The Morgan fingerprint density at radius 3 is 2.32 bits per heavy atom. The molecule has 132 valence electrons. The van der Waals surface area contributed by atoms with E-state index in [1.165, 1.54) is 9.78 Å². The van der Waals surface area contributed by atoms with E-state index in [1.807, 2.05) is 12.1 Å². The number of nitrogens with one attached hydrogen (secondary N) is 2.